The highest BCUT2D eigenvalue weighted by atomic mass is 16.5. The van der Waals surface area contributed by atoms with Gasteiger partial charge >= 0.3 is 5.69 Å². The van der Waals surface area contributed by atoms with Crippen LogP contribution in [0.4, 0.5) is 5.69 Å². The van der Waals surface area contributed by atoms with E-state index in [4.69, 9.17) is 4.74 Å². The number of rotatable bonds is 5. The molecule has 3 heterocycles. The Morgan fingerprint density at radius 2 is 1.64 bits per heavy atom. The van der Waals surface area contributed by atoms with Crippen molar-refractivity contribution >= 4 is 22.6 Å². The van der Waals surface area contributed by atoms with E-state index in [-0.39, 0.29) is 11.6 Å². The molecule has 0 radical (unpaired) electrons. The molecule has 8 heteroatoms. The van der Waals surface area contributed by atoms with Crippen molar-refractivity contribution in [2.24, 2.45) is 18.9 Å². The predicted octanol–water partition coefficient (Wildman–Crippen LogP) is 3.52. The van der Waals surface area contributed by atoms with Crippen molar-refractivity contribution in [3.8, 4) is 5.75 Å². The molecule has 0 atom stereocenters. The van der Waals surface area contributed by atoms with Gasteiger partial charge in [-0.25, -0.2) is 4.79 Å². The highest BCUT2D eigenvalue weighted by molar-refractivity contribution is 5.79. The van der Waals surface area contributed by atoms with Crippen LogP contribution in [0.2, 0.25) is 0 Å². The molecule has 1 amide bonds. The number of imidazole rings is 1. The molecular weight excluding hydrogens is 454 g/mol. The maximum atomic E-state index is 13.3. The minimum atomic E-state index is 0.00825. The van der Waals surface area contributed by atoms with E-state index in [9.17, 15) is 9.59 Å². The molecule has 1 aromatic carbocycles. The van der Waals surface area contributed by atoms with Gasteiger partial charge in [0.15, 0.2) is 0 Å². The van der Waals surface area contributed by atoms with Crippen LogP contribution in [0.25, 0.3) is 11.0 Å². The summed E-state index contributed by atoms with van der Waals surface area (Å²) in [5.74, 6) is 1.56. The van der Waals surface area contributed by atoms with E-state index in [1.807, 2.05) is 43.7 Å². The van der Waals surface area contributed by atoms with E-state index < -0.39 is 0 Å². The predicted molar refractivity (Wildman–Crippen MR) is 142 cm³/mol. The first-order valence-corrected chi connectivity index (χ1v) is 13.1. The van der Waals surface area contributed by atoms with Gasteiger partial charge in [-0.2, -0.15) is 0 Å². The van der Waals surface area contributed by atoms with Gasteiger partial charge in [0, 0.05) is 68.8 Å². The van der Waals surface area contributed by atoms with Gasteiger partial charge in [-0.05, 0) is 69.7 Å². The summed E-state index contributed by atoms with van der Waals surface area (Å²) in [4.78, 5) is 35.1. The lowest BCUT2D eigenvalue weighted by Crippen LogP contribution is -2.50. The summed E-state index contributed by atoms with van der Waals surface area (Å²) in [6, 6.07) is 10.0. The zero-order valence-electron chi connectivity index (χ0n) is 21.9. The second-order valence-corrected chi connectivity index (χ2v) is 10.4. The van der Waals surface area contributed by atoms with Crippen molar-refractivity contribution in [3.05, 3.63) is 52.2 Å². The van der Waals surface area contributed by atoms with Gasteiger partial charge in [-0.1, -0.05) is 0 Å². The number of anilines is 1. The van der Waals surface area contributed by atoms with E-state index in [2.05, 4.69) is 26.9 Å². The summed E-state index contributed by atoms with van der Waals surface area (Å²) >= 11 is 0. The van der Waals surface area contributed by atoms with E-state index >= 15 is 0 Å². The van der Waals surface area contributed by atoms with E-state index in [0.717, 1.165) is 80.0 Å². The fraction of sp³-hybridized carbons (Fsp3) is 0.536. The van der Waals surface area contributed by atoms with Crippen molar-refractivity contribution in [1.29, 1.82) is 0 Å². The molecule has 0 spiro atoms. The normalized spacial score (nSPS) is 20.7. The van der Waals surface area contributed by atoms with Crippen LogP contribution in [0.15, 0.2) is 35.1 Å². The molecule has 1 saturated heterocycles. The van der Waals surface area contributed by atoms with Crippen LogP contribution in [0, 0.1) is 25.7 Å². The monoisotopic (exact) mass is 491 g/mol. The molecular formula is C28H37N5O3. The average molecular weight is 492 g/mol. The Hall–Kier alpha value is -3.29. The zero-order chi connectivity index (χ0) is 25.4. The third-order valence-corrected chi connectivity index (χ3v) is 8.01. The number of amides is 1. The lowest BCUT2D eigenvalue weighted by Gasteiger charge is -2.39. The number of methoxy groups -OCH3 is 1. The molecule has 0 bridgehead atoms. The number of hydrogen-bond donors (Lipinski definition) is 0. The molecule has 5 rings (SSSR count). The Bertz CT molecular complexity index is 1290. The Morgan fingerprint density at radius 3 is 2.28 bits per heavy atom. The zero-order valence-corrected chi connectivity index (χ0v) is 21.9. The summed E-state index contributed by atoms with van der Waals surface area (Å²) in [7, 11) is 3.46. The fourth-order valence-corrected chi connectivity index (χ4v) is 5.98. The molecule has 8 nitrogen and oxygen atoms in total. The average Bonchev–Trinajstić information content (AvgIpc) is 3.12. The molecule has 2 aromatic heterocycles. The fourth-order valence-electron chi connectivity index (χ4n) is 5.98. The molecule has 192 valence electrons. The number of nitrogens with zero attached hydrogens (tertiary/aromatic N) is 5. The Labute approximate surface area is 212 Å². The summed E-state index contributed by atoms with van der Waals surface area (Å²) in [6.45, 7) is 8.00. The highest BCUT2D eigenvalue weighted by Gasteiger charge is 2.32. The number of carbonyl (C=O) groups excluding carboxylic acids is 1. The Morgan fingerprint density at radius 1 is 0.972 bits per heavy atom. The van der Waals surface area contributed by atoms with Crippen LogP contribution in [-0.2, 0) is 18.4 Å². The summed E-state index contributed by atoms with van der Waals surface area (Å²) in [5.41, 5.74) is 5.11. The van der Waals surface area contributed by atoms with Crippen molar-refractivity contribution in [2.75, 3.05) is 38.2 Å². The molecule has 3 aromatic rings. The van der Waals surface area contributed by atoms with E-state index in [1.54, 1.807) is 11.7 Å². The minimum absolute atomic E-state index is 0.00825. The number of carbonyl (C=O) groups is 1. The maximum absolute atomic E-state index is 13.3. The van der Waals surface area contributed by atoms with Gasteiger partial charge in [-0.3, -0.25) is 18.9 Å². The molecule has 2 fully saturated rings. The standard InChI is InChI=1S/C28H37N5O3/c1-19-15-23(16-20(2)29-19)31-11-13-32(14-12-31)27(34)22-7-5-21(6-8-22)18-33-26-17-24(36-4)9-10-25(26)30(3)28(33)35/h9-10,15-17,21-22H,5-8,11-14,18H2,1-4H3. The van der Waals surface area contributed by atoms with E-state index in [0.29, 0.717) is 18.4 Å². The second kappa shape index (κ2) is 9.99. The minimum Gasteiger partial charge on any atom is -0.497 e. The molecule has 2 aliphatic rings. The second-order valence-electron chi connectivity index (χ2n) is 10.4. The molecule has 36 heavy (non-hydrogen) atoms. The number of ether oxygens (including phenoxy) is 1. The van der Waals surface area contributed by atoms with Crippen LogP contribution in [0.3, 0.4) is 0 Å². The van der Waals surface area contributed by atoms with Gasteiger partial charge in [-0.15, -0.1) is 0 Å². The van der Waals surface area contributed by atoms with Crippen LogP contribution in [-0.4, -0.2) is 58.2 Å². The van der Waals surface area contributed by atoms with Crippen LogP contribution >= 0.6 is 0 Å². The smallest absolute Gasteiger partial charge is 0.328 e. The Kier molecular flexibility index (Phi) is 6.77. The molecule has 0 N–H and O–H groups in total. The number of hydrogen-bond acceptors (Lipinski definition) is 5. The topological polar surface area (TPSA) is 72.6 Å². The highest BCUT2D eigenvalue weighted by Crippen LogP contribution is 2.32. The third-order valence-electron chi connectivity index (χ3n) is 8.01. The molecule has 1 saturated carbocycles. The van der Waals surface area contributed by atoms with Gasteiger partial charge in [0.2, 0.25) is 5.91 Å². The van der Waals surface area contributed by atoms with Gasteiger partial charge in [0.25, 0.3) is 0 Å². The van der Waals surface area contributed by atoms with E-state index in [1.165, 1.54) is 5.69 Å². The number of aryl methyl sites for hydroxylation is 3. The first-order valence-electron chi connectivity index (χ1n) is 13.1. The summed E-state index contributed by atoms with van der Waals surface area (Å²) < 4.78 is 8.97. The van der Waals surface area contributed by atoms with Crippen molar-refractivity contribution in [3.63, 3.8) is 0 Å². The van der Waals surface area contributed by atoms with Gasteiger partial charge < -0.3 is 14.5 Å². The lowest BCUT2D eigenvalue weighted by molar-refractivity contribution is -0.137. The third kappa shape index (κ3) is 4.73. The first-order chi connectivity index (χ1) is 17.3. The summed E-state index contributed by atoms with van der Waals surface area (Å²) in [5, 5.41) is 0. The number of piperazine rings is 1. The van der Waals surface area contributed by atoms with Gasteiger partial charge in [0.1, 0.15) is 5.75 Å². The SMILES string of the molecule is COc1ccc2c(c1)n(CC1CCC(C(=O)N3CCN(c4cc(C)nc(C)c4)CC3)CC1)c(=O)n2C. The van der Waals surface area contributed by atoms with Crippen molar-refractivity contribution < 1.29 is 9.53 Å². The first kappa shape index (κ1) is 24.4. The number of aromatic nitrogens is 3. The van der Waals surface area contributed by atoms with Crippen LogP contribution < -0.4 is 15.3 Å². The Balaban J connectivity index is 1.17. The quantitative estimate of drug-likeness (QED) is 0.546. The number of fused-ring (bicyclic) bond motifs is 1. The maximum Gasteiger partial charge on any atom is 0.328 e. The molecule has 1 aliphatic carbocycles. The lowest BCUT2D eigenvalue weighted by atomic mass is 9.81. The number of pyridine rings is 1. The van der Waals surface area contributed by atoms with Gasteiger partial charge in [0.05, 0.1) is 18.1 Å². The van der Waals surface area contributed by atoms with Crippen LogP contribution in [0.5, 0.6) is 5.75 Å². The number of benzene rings is 1. The van der Waals surface area contributed by atoms with Crippen molar-refractivity contribution in [2.45, 2.75) is 46.1 Å². The summed E-state index contributed by atoms with van der Waals surface area (Å²) in [6.07, 6.45) is 3.74. The molecule has 0 unspecified atom stereocenters. The largest absolute Gasteiger partial charge is 0.497 e. The van der Waals surface area contributed by atoms with Crippen molar-refractivity contribution in [1.82, 2.24) is 19.0 Å². The molecule has 1 aliphatic heterocycles. The van der Waals surface area contributed by atoms with Crippen LogP contribution in [0.1, 0.15) is 37.1 Å².